The van der Waals surface area contributed by atoms with Crippen molar-refractivity contribution >= 4 is 38.5 Å². The van der Waals surface area contributed by atoms with Crippen molar-refractivity contribution in [1.29, 1.82) is 0 Å². The number of piperazine rings is 1. The lowest BCUT2D eigenvalue weighted by Gasteiger charge is -2.35. The lowest BCUT2D eigenvalue weighted by Crippen LogP contribution is -2.50. The van der Waals surface area contributed by atoms with Crippen LogP contribution in [0.5, 0.6) is 0 Å². The maximum atomic E-state index is 14.4. The first-order valence-electron chi connectivity index (χ1n) is 9.66. The lowest BCUT2D eigenvalue weighted by atomic mass is 10.1. The molecule has 0 spiro atoms. The molecule has 30 heavy (non-hydrogen) atoms. The third kappa shape index (κ3) is 4.49. The van der Waals surface area contributed by atoms with E-state index in [0.29, 0.717) is 54.4 Å². The molecule has 1 aromatic carbocycles. The van der Waals surface area contributed by atoms with E-state index < -0.39 is 5.82 Å². The Morgan fingerprint density at radius 3 is 2.73 bits per heavy atom. The Hall–Kier alpha value is -2.85. The fourth-order valence-electron chi connectivity index (χ4n) is 3.37. The second-order valence-electron chi connectivity index (χ2n) is 7.01. The van der Waals surface area contributed by atoms with Gasteiger partial charge in [0.15, 0.2) is 16.8 Å². The van der Waals surface area contributed by atoms with E-state index in [0.717, 1.165) is 5.56 Å². The summed E-state index contributed by atoms with van der Waals surface area (Å²) >= 11 is 1.21. The van der Waals surface area contributed by atoms with E-state index in [1.807, 2.05) is 4.90 Å². The summed E-state index contributed by atoms with van der Waals surface area (Å²) in [5, 5.41) is 12.1. The van der Waals surface area contributed by atoms with Gasteiger partial charge in [-0.3, -0.25) is 5.32 Å². The van der Waals surface area contributed by atoms with Crippen LogP contribution in [-0.2, 0) is 6.42 Å². The number of amides is 2. The molecule has 158 valence electrons. The number of pyridine rings is 1. The van der Waals surface area contributed by atoms with Crippen LogP contribution in [0.4, 0.5) is 24.5 Å². The summed E-state index contributed by atoms with van der Waals surface area (Å²) in [5.41, 5.74) is 1.38. The Morgan fingerprint density at radius 1 is 1.20 bits per heavy atom. The molecule has 0 atom stereocenters. The number of nitrogens with zero attached hydrogens (tertiary/aromatic N) is 4. The number of aliphatic hydroxyl groups excluding tert-OH is 1. The monoisotopic (exact) mass is 433 g/mol. The molecule has 0 unspecified atom stereocenters. The highest BCUT2D eigenvalue weighted by Gasteiger charge is 2.24. The molecule has 1 aliphatic heterocycles. The minimum atomic E-state index is -0.398. The third-order valence-corrected chi connectivity index (χ3v) is 5.87. The van der Waals surface area contributed by atoms with Crippen molar-refractivity contribution in [2.45, 2.75) is 12.8 Å². The van der Waals surface area contributed by atoms with Gasteiger partial charge in [0.05, 0.1) is 10.2 Å². The van der Waals surface area contributed by atoms with Gasteiger partial charge in [-0.1, -0.05) is 11.3 Å². The molecule has 1 aliphatic rings. The van der Waals surface area contributed by atoms with Crippen molar-refractivity contribution in [3.63, 3.8) is 0 Å². The van der Waals surface area contributed by atoms with Gasteiger partial charge >= 0.3 is 6.03 Å². The predicted octanol–water partition coefficient (Wildman–Crippen LogP) is 3.25. The summed E-state index contributed by atoms with van der Waals surface area (Å²) in [6.07, 6.45) is 2.77. The Bertz CT molecular complexity index is 1050. The molecule has 1 fully saturated rings. The molecule has 0 aliphatic carbocycles. The molecular formula is C20H21F2N5O2S. The molecule has 0 radical (unpaired) electrons. The molecule has 4 rings (SSSR count). The molecule has 1 saturated heterocycles. The van der Waals surface area contributed by atoms with Crippen molar-refractivity contribution in [3.05, 3.63) is 47.7 Å². The lowest BCUT2D eigenvalue weighted by molar-refractivity contribution is 0.208. The number of benzene rings is 1. The summed E-state index contributed by atoms with van der Waals surface area (Å²) in [5.74, 6) is -0.469. The number of urea groups is 1. The van der Waals surface area contributed by atoms with E-state index in [9.17, 15) is 13.6 Å². The highest BCUT2D eigenvalue weighted by Crippen LogP contribution is 2.27. The van der Waals surface area contributed by atoms with Crippen molar-refractivity contribution in [3.8, 4) is 0 Å². The van der Waals surface area contributed by atoms with Crippen LogP contribution in [0.2, 0.25) is 0 Å². The number of hydrogen-bond donors (Lipinski definition) is 2. The minimum Gasteiger partial charge on any atom is -0.396 e. The summed E-state index contributed by atoms with van der Waals surface area (Å²) in [4.78, 5) is 24.5. The molecule has 2 amide bonds. The number of fused-ring (bicyclic) bond motifs is 1. The zero-order valence-electron chi connectivity index (χ0n) is 16.1. The number of anilines is 2. The standard InChI is InChI=1S/C20H21F2N5O2S/c21-14-3-4-16-17(11-14)30-19(24-16)25-20(29)27-7-5-26(6-8-27)18-15(22)10-13(12-23-18)2-1-9-28/h3-4,10-12,28H,1-2,5-9H2,(H,24,25,29). The number of hydrogen-bond acceptors (Lipinski definition) is 6. The highest BCUT2D eigenvalue weighted by molar-refractivity contribution is 7.22. The number of aryl methyl sites for hydroxylation is 1. The van der Waals surface area contributed by atoms with Crippen LogP contribution in [0.25, 0.3) is 10.2 Å². The van der Waals surface area contributed by atoms with Crippen LogP contribution in [0.3, 0.4) is 0 Å². The maximum absolute atomic E-state index is 14.4. The molecule has 3 heterocycles. The fraction of sp³-hybridized carbons (Fsp3) is 0.350. The average Bonchev–Trinajstić information content (AvgIpc) is 3.13. The van der Waals surface area contributed by atoms with E-state index in [1.165, 1.54) is 29.5 Å². The largest absolute Gasteiger partial charge is 0.396 e. The fourth-order valence-corrected chi connectivity index (χ4v) is 4.25. The number of thiazole rings is 1. The number of carbonyl (C=O) groups excluding carboxylic acids is 1. The SMILES string of the molecule is O=C(Nc1nc2ccc(F)cc2s1)N1CCN(c2ncc(CCCO)cc2F)CC1. The number of aromatic nitrogens is 2. The second kappa shape index (κ2) is 8.88. The van der Waals surface area contributed by atoms with Gasteiger partial charge in [-0.25, -0.2) is 23.5 Å². The van der Waals surface area contributed by atoms with Gasteiger partial charge in [0.2, 0.25) is 0 Å². The topological polar surface area (TPSA) is 81.6 Å². The smallest absolute Gasteiger partial charge is 0.323 e. The molecule has 0 bridgehead atoms. The van der Waals surface area contributed by atoms with Gasteiger partial charge < -0.3 is 14.9 Å². The van der Waals surface area contributed by atoms with E-state index >= 15 is 0 Å². The molecular weight excluding hydrogens is 412 g/mol. The van der Waals surface area contributed by atoms with Crippen molar-refractivity contribution in [2.75, 3.05) is 43.0 Å². The molecule has 2 aromatic heterocycles. The number of nitrogens with one attached hydrogen (secondary N) is 1. The molecule has 3 aromatic rings. The van der Waals surface area contributed by atoms with Gasteiger partial charge in [0.1, 0.15) is 5.82 Å². The van der Waals surface area contributed by atoms with Crippen LogP contribution in [0.15, 0.2) is 30.5 Å². The first-order valence-corrected chi connectivity index (χ1v) is 10.5. The van der Waals surface area contributed by atoms with Gasteiger partial charge in [0, 0.05) is 39.0 Å². The van der Waals surface area contributed by atoms with E-state index in [-0.39, 0.29) is 24.3 Å². The second-order valence-corrected chi connectivity index (χ2v) is 8.04. The maximum Gasteiger partial charge on any atom is 0.323 e. The summed E-state index contributed by atoms with van der Waals surface area (Å²) in [7, 11) is 0. The Balaban J connectivity index is 1.35. The Kier molecular flexibility index (Phi) is 6.05. The third-order valence-electron chi connectivity index (χ3n) is 4.93. The van der Waals surface area contributed by atoms with Crippen LogP contribution in [0, 0.1) is 11.6 Å². The van der Waals surface area contributed by atoms with Crippen LogP contribution in [-0.4, -0.2) is 58.8 Å². The molecule has 10 heteroatoms. The van der Waals surface area contributed by atoms with E-state index in [4.69, 9.17) is 5.11 Å². The van der Waals surface area contributed by atoms with E-state index in [2.05, 4.69) is 15.3 Å². The number of aliphatic hydroxyl groups is 1. The number of halogens is 2. The van der Waals surface area contributed by atoms with Crippen LogP contribution < -0.4 is 10.2 Å². The minimum absolute atomic E-state index is 0.0568. The molecule has 7 nitrogen and oxygen atoms in total. The van der Waals surface area contributed by atoms with Crippen molar-refractivity contribution in [2.24, 2.45) is 0 Å². The molecule has 2 N–H and O–H groups in total. The van der Waals surface area contributed by atoms with Gasteiger partial charge in [-0.15, -0.1) is 0 Å². The van der Waals surface area contributed by atoms with Crippen molar-refractivity contribution in [1.82, 2.24) is 14.9 Å². The quantitative estimate of drug-likeness (QED) is 0.646. The summed E-state index contributed by atoms with van der Waals surface area (Å²) < 4.78 is 28.4. The van der Waals surface area contributed by atoms with Crippen LogP contribution >= 0.6 is 11.3 Å². The zero-order valence-corrected chi connectivity index (χ0v) is 17.0. The highest BCUT2D eigenvalue weighted by atomic mass is 32.1. The Labute approximate surface area is 176 Å². The zero-order chi connectivity index (χ0) is 21.1. The van der Waals surface area contributed by atoms with Gasteiger partial charge in [0.25, 0.3) is 0 Å². The van der Waals surface area contributed by atoms with E-state index in [1.54, 1.807) is 17.2 Å². The predicted molar refractivity (Wildman–Crippen MR) is 112 cm³/mol. The first-order chi connectivity index (χ1) is 14.5. The molecule has 0 saturated carbocycles. The normalized spacial score (nSPS) is 14.4. The van der Waals surface area contributed by atoms with Crippen molar-refractivity contribution < 1.29 is 18.7 Å². The summed E-state index contributed by atoms with van der Waals surface area (Å²) in [6, 6.07) is 5.46. The number of rotatable bonds is 5. The first kappa shape index (κ1) is 20.4. The number of carbonyl (C=O) groups is 1. The van der Waals surface area contributed by atoms with Gasteiger partial charge in [-0.05, 0) is 42.7 Å². The van der Waals surface area contributed by atoms with Gasteiger partial charge in [-0.2, -0.15) is 0 Å². The summed E-state index contributed by atoms with van der Waals surface area (Å²) in [6.45, 7) is 1.80. The average molecular weight is 433 g/mol. The Morgan fingerprint density at radius 2 is 2.00 bits per heavy atom. The van der Waals surface area contributed by atoms with Crippen LogP contribution in [0.1, 0.15) is 12.0 Å².